The predicted molar refractivity (Wildman–Crippen MR) is 77.7 cm³/mol. The summed E-state index contributed by atoms with van der Waals surface area (Å²) in [6.45, 7) is 0. The van der Waals surface area contributed by atoms with Crippen LogP contribution in [0.15, 0.2) is 36.5 Å². The zero-order valence-corrected chi connectivity index (χ0v) is 12.3. The molecule has 6 nitrogen and oxygen atoms in total. The van der Waals surface area contributed by atoms with Crippen molar-refractivity contribution in [3.05, 3.63) is 59.3 Å². The molecule has 0 aliphatic carbocycles. The molecule has 0 radical (unpaired) electrons. The van der Waals surface area contributed by atoms with Crippen LogP contribution in [0.3, 0.4) is 0 Å². The summed E-state index contributed by atoms with van der Waals surface area (Å²) in [6, 6.07) is 5.45. The number of pyridine rings is 1. The maximum Gasteiger partial charge on any atom is 0.278 e. The quantitative estimate of drug-likeness (QED) is 0.877. The molecule has 2 rings (SSSR count). The number of nitrogens with one attached hydrogen (secondary N) is 1. The van der Waals surface area contributed by atoms with Gasteiger partial charge < -0.3 is 5.32 Å². The van der Waals surface area contributed by atoms with E-state index in [4.69, 9.17) is 4.84 Å². The van der Waals surface area contributed by atoms with E-state index in [2.05, 4.69) is 10.3 Å². The lowest BCUT2D eigenvalue weighted by Crippen LogP contribution is -2.25. The Hall–Kier alpha value is -2.87. The minimum atomic E-state index is -0.976. The second-order valence-electron chi connectivity index (χ2n) is 4.50. The highest BCUT2D eigenvalue weighted by Gasteiger charge is 2.15. The molecule has 1 N–H and O–H groups in total. The van der Waals surface area contributed by atoms with Gasteiger partial charge >= 0.3 is 0 Å². The summed E-state index contributed by atoms with van der Waals surface area (Å²) >= 11 is 0. The van der Waals surface area contributed by atoms with Gasteiger partial charge in [0, 0.05) is 19.3 Å². The van der Waals surface area contributed by atoms with Gasteiger partial charge in [0.05, 0.1) is 18.2 Å². The molecule has 0 saturated carbocycles. The lowest BCUT2D eigenvalue weighted by Gasteiger charge is -2.13. The molecular formula is C15H13F2N3O3. The summed E-state index contributed by atoms with van der Waals surface area (Å²) in [7, 11) is 2.78. The minimum Gasteiger partial charge on any atom is -0.306 e. The Kier molecular flexibility index (Phi) is 4.97. The van der Waals surface area contributed by atoms with E-state index < -0.39 is 23.4 Å². The molecular weight excluding hydrogens is 308 g/mol. The number of rotatable bonds is 4. The molecule has 2 aromatic rings. The number of hydrogen-bond donors (Lipinski definition) is 1. The number of carbonyl (C=O) groups excluding carboxylic acids is 2. The highest BCUT2D eigenvalue weighted by Crippen LogP contribution is 2.13. The summed E-state index contributed by atoms with van der Waals surface area (Å²) < 4.78 is 26.3. The van der Waals surface area contributed by atoms with E-state index in [9.17, 15) is 18.4 Å². The fourth-order valence-electron chi connectivity index (χ4n) is 1.72. The van der Waals surface area contributed by atoms with Crippen molar-refractivity contribution in [1.29, 1.82) is 0 Å². The van der Waals surface area contributed by atoms with Gasteiger partial charge in [-0.2, -0.15) is 0 Å². The summed E-state index contributed by atoms with van der Waals surface area (Å²) in [5.74, 6) is -2.82. The molecule has 2 amide bonds. The third-order valence-electron chi connectivity index (χ3n) is 2.99. The second-order valence-corrected chi connectivity index (χ2v) is 4.50. The van der Waals surface area contributed by atoms with Gasteiger partial charge in [-0.25, -0.2) is 18.8 Å². The lowest BCUT2D eigenvalue weighted by atomic mass is 10.2. The van der Waals surface area contributed by atoms with Crippen LogP contribution in [0, 0.1) is 11.6 Å². The molecule has 0 saturated heterocycles. The lowest BCUT2D eigenvalue weighted by molar-refractivity contribution is -0.0757. The van der Waals surface area contributed by atoms with E-state index in [1.807, 2.05) is 0 Å². The topological polar surface area (TPSA) is 71.5 Å². The molecule has 120 valence electrons. The average Bonchev–Trinajstić information content (AvgIpc) is 2.54. The molecule has 23 heavy (non-hydrogen) atoms. The first-order valence-electron chi connectivity index (χ1n) is 6.47. The molecule has 0 unspecified atom stereocenters. The van der Waals surface area contributed by atoms with E-state index in [0.717, 1.165) is 17.2 Å². The Bertz CT molecular complexity index is 735. The summed E-state index contributed by atoms with van der Waals surface area (Å²) in [5, 5.41) is 3.38. The number of amides is 2. The number of hydroxylamine groups is 2. The van der Waals surface area contributed by atoms with E-state index >= 15 is 0 Å². The highest BCUT2D eigenvalue weighted by molar-refractivity contribution is 6.04. The van der Waals surface area contributed by atoms with Crippen molar-refractivity contribution in [3.8, 4) is 0 Å². The van der Waals surface area contributed by atoms with Gasteiger partial charge in [0.2, 0.25) is 0 Å². The first-order valence-corrected chi connectivity index (χ1v) is 6.47. The maximum absolute atomic E-state index is 13.5. The van der Waals surface area contributed by atoms with E-state index in [-0.39, 0.29) is 16.9 Å². The van der Waals surface area contributed by atoms with Crippen LogP contribution in [0.25, 0.3) is 0 Å². The van der Waals surface area contributed by atoms with Gasteiger partial charge in [-0.1, -0.05) is 0 Å². The van der Waals surface area contributed by atoms with Crippen molar-refractivity contribution in [2.24, 2.45) is 0 Å². The molecule has 0 spiro atoms. The minimum absolute atomic E-state index is 0.121. The second kappa shape index (κ2) is 6.93. The standard InChI is InChI=1S/C15H13F2N3O3/c1-20(23-2)15(22)9-3-6-13(18-8-9)19-14(21)11-5-4-10(16)7-12(11)17/h3-8H,1-2H3,(H,18,19,21). The van der Waals surface area contributed by atoms with Crippen molar-refractivity contribution in [2.45, 2.75) is 0 Å². The van der Waals surface area contributed by atoms with Crippen molar-refractivity contribution in [3.63, 3.8) is 0 Å². The zero-order valence-electron chi connectivity index (χ0n) is 12.3. The zero-order chi connectivity index (χ0) is 17.0. The number of halogens is 2. The van der Waals surface area contributed by atoms with Crippen LogP contribution >= 0.6 is 0 Å². The first kappa shape index (κ1) is 16.5. The average molecular weight is 321 g/mol. The molecule has 0 fully saturated rings. The van der Waals surface area contributed by atoms with Gasteiger partial charge in [0.1, 0.15) is 17.5 Å². The van der Waals surface area contributed by atoms with Crippen LogP contribution in [-0.2, 0) is 4.84 Å². The Morgan fingerprint density at radius 2 is 1.96 bits per heavy atom. The van der Waals surface area contributed by atoms with Crippen LogP contribution in [-0.4, -0.2) is 36.0 Å². The number of aromatic nitrogens is 1. The molecule has 0 aliphatic rings. The van der Waals surface area contributed by atoms with Crippen molar-refractivity contribution < 1.29 is 23.2 Å². The Balaban J connectivity index is 2.11. The Morgan fingerprint density at radius 3 is 2.52 bits per heavy atom. The van der Waals surface area contributed by atoms with Gasteiger partial charge in [-0.05, 0) is 24.3 Å². The number of benzene rings is 1. The highest BCUT2D eigenvalue weighted by atomic mass is 19.1. The molecule has 1 heterocycles. The fraction of sp³-hybridized carbons (Fsp3) is 0.133. The normalized spacial score (nSPS) is 10.3. The van der Waals surface area contributed by atoms with Gasteiger partial charge in [-0.15, -0.1) is 0 Å². The Labute approximate surface area is 130 Å². The largest absolute Gasteiger partial charge is 0.306 e. The summed E-state index contributed by atoms with van der Waals surface area (Å²) in [5.41, 5.74) is -0.0622. The summed E-state index contributed by atoms with van der Waals surface area (Å²) in [6.07, 6.45) is 1.24. The van der Waals surface area contributed by atoms with Crippen molar-refractivity contribution in [2.75, 3.05) is 19.5 Å². The molecule has 0 bridgehead atoms. The first-order chi connectivity index (χ1) is 10.9. The van der Waals surface area contributed by atoms with E-state index in [1.165, 1.54) is 32.5 Å². The Morgan fingerprint density at radius 1 is 1.22 bits per heavy atom. The smallest absolute Gasteiger partial charge is 0.278 e. The fourth-order valence-corrected chi connectivity index (χ4v) is 1.72. The monoisotopic (exact) mass is 321 g/mol. The van der Waals surface area contributed by atoms with Gasteiger partial charge in [0.15, 0.2) is 0 Å². The molecule has 1 aromatic carbocycles. The molecule has 8 heteroatoms. The van der Waals surface area contributed by atoms with Crippen LogP contribution in [0.4, 0.5) is 14.6 Å². The number of anilines is 1. The molecule has 0 aliphatic heterocycles. The van der Waals surface area contributed by atoms with E-state index in [1.54, 1.807) is 0 Å². The van der Waals surface area contributed by atoms with E-state index in [0.29, 0.717) is 6.07 Å². The van der Waals surface area contributed by atoms with Crippen molar-refractivity contribution in [1.82, 2.24) is 10.0 Å². The van der Waals surface area contributed by atoms with Crippen molar-refractivity contribution >= 4 is 17.6 Å². The number of hydrogen-bond acceptors (Lipinski definition) is 4. The third-order valence-corrected chi connectivity index (χ3v) is 2.99. The number of nitrogens with zero attached hydrogens (tertiary/aromatic N) is 2. The van der Waals surface area contributed by atoms with Gasteiger partial charge in [0.25, 0.3) is 11.8 Å². The SMILES string of the molecule is CON(C)C(=O)c1ccc(NC(=O)c2ccc(F)cc2F)nc1. The van der Waals surface area contributed by atoms with Crippen LogP contribution in [0.1, 0.15) is 20.7 Å². The third kappa shape index (κ3) is 3.86. The van der Waals surface area contributed by atoms with Crippen LogP contribution in [0.5, 0.6) is 0 Å². The maximum atomic E-state index is 13.5. The number of carbonyl (C=O) groups is 2. The summed E-state index contributed by atoms with van der Waals surface area (Å²) in [4.78, 5) is 32.4. The molecule has 0 atom stereocenters. The van der Waals surface area contributed by atoms with Crippen LogP contribution < -0.4 is 5.32 Å². The predicted octanol–water partition coefficient (Wildman–Crippen LogP) is 2.25. The molecule has 1 aromatic heterocycles. The van der Waals surface area contributed by atoms with Gasteiger partial charge in [-0.3, -0.25) is 14.4 Å². The van der Waals surface area contributed by atoms with Crippen LogP contribution in [0.2, 0.25) is 0 Å².